The number of urea groups is 1. The van der Waals surface area contributed by atoms with Gasteiger partial charge in [-0.05, 0) is 51.5 Å². The highest BCUT2D eigenvalue weighted by molar-refractivity contribution is 6.30. The van der Waals surface area contributed by atoms with E-state index in [0.717, 1.165) is 12.8 Å². The summed E-state index contributed by atoms with van der Waals surface area (Å²) in [5.74, 6) is -0.403. The van der Waals surface area contributed by atoms with Gasteiger partial charge in [0, 0.05) is 22.8 Å². The van der Waals surface area contributed by atoms with E-state index in [9.17, 15) is 14.4 Å². The highest BCUT2D eigenvalue weighted by Gasteiger charge is 2.33. The fourth-order valence-electron chi connectivity index (χ4n) is 2.83. The molecule has 1 saturated heterocycles. The van der Waals surface area contributed by atoms with E-state index in [0.29, 0.717) is 17.3 Å². The zero-order valence-corrected chi connectivity index (χ0v) is 17.8. The average molecular weight is 409 g/mol. The summed E-state index contributed by atoms with van der Waals surface area (Å²) < 4.78 is 0. The minimum atomic E-state index is -0.389. The average Bonchev–Trinajstić information content (AvgIpc) is 2.99. The summed E-state index contributed by atoms with van der Waals surface area (Å²) in [5, 5.41) is 3.48. The van der Waals surface area contributed by atoms with Gasteiger partial charge in [-0.3, -0.25) is 14.5 Å². The van der Waals surface area contributed by atoms with Crippen LogP contribution in [0.3, 0.4) is 0 Å². The van der Waals surface area contributed by atoms with Crippen LogP contribution >= 0.6 is 11.6 Å². The predicted octanol–water partition coefficient (Wildman–Crippen LogP) is 3.08. The van der Waals surface area contributed by atoms with Crippen molar-refractivity contribution >= 4 is 35.1 Å². The van der Waals surface area contributed by atoms with E-state index in [4.69, 9.17) is 11.6 Å². The first-order chi connectivity index (χ1) is 13.1. The fourth-order valence-corrected chi connectivity index (χ4v) is 2.95. The van der Waals surface area contributed by atoms with Crippen LogP contribution in [0.4, 0.5) is 10.5 Å². The smallest absolute Gasteiger partial charge is 0.318 e. The number of nitrogens with one attached hydrogen (secondary N) is 1. The lowest BCUT2D eigenvalue weighted by atomic mass is 10.1. The van der Waals surface area contributed by atoms with Crippen molar-refractivity contribution < 1.29 is 14.4 Å². The topological polar surface area (TPSA) is 73.0 Å². The molecule has 1 fully saturated rings. The standard InChI is InChI=1S/C20H29ClN4O3/c1-5-6-11-23(19(28)22-20(2,3)4)12-17(26)24-13-18(27)25(14-24)16-9-7-15(21)8-10-16/h7-10H,5-6,11-14H2,1-4H3,(H,22,28). The molecule has 28 heavy (non-hydrogen) atoms. The Morgan fingerprint density at radius 2 is 1.86 bits per heavy atom. The lowest BCUT2D eigenvalue weighted by molar-refractivity contribution is -0.132. The SMILES string of the molecule is CCCCN(CC(=O)N1CC(=O)N(c2ccc(Cl)cc2)C1)C(=O)NC(C)(C)C. The molecule has 1 aromatic carbocycles. The summed E-state index contributed by atoms with van der Waals surface area (Å²) in [6.07, 6.45) is 1.72. The first kappa shape index (κ1) is 22.0. The van der Waals surface area contributed by atoms with Crippen molar-refractivity contribution in [1.82, 2.24) is 15.1 Å². The molecule has 4 amide bonds. The van der Waals surface area contributed by atoms with Crippen molar-refractivity contribution in [3.63, 3.8) is 0 Å². The Bertz CT molecular complexity index is 715. The van der Waals surface area contributed by atoms with Gasteiger partial charge < -0.3 is 15.1 Å². The van der Waals surface area contributed by atoms with Gasteiger partial charge in [0.1, 0.15) is 19.8 Å². The molecule has 154 valence electrons. The molecule has 0 spiro atoms. The molecule has 0 aromatic heterocycles. The van der Waals surface area contributed by atoms with E-state index in [1.807, 2.05) is 27.7 Å². The second kappa shape index (κ2) is 9.28. The summed E-state index contributed by atoms with van der Waals surface area (Å²) in [5.41, 5.74) is 0.303. The highest BCUT2D eigenvalue weighted by atomic mass is 35.5. The van der Waals surface area contributed by atoms with Gasteiger partial charge in [0.05, 0.1) is 0 Å². The van der Waals surface area contributed by atoms with Gasteiger partial charge in [-0.1, -0.05) is 24.9 Å². The molecule has 0 unspecified atom stereocenters. The molecule has 2 rings (SSSR count). The van der Waals surface area contributed by atoms with Crippen molar-refractivity contribution in [2.24, 2.45) is 0 Å². The molecule has 0 atom stereocenters. The van der Waals surface area contributed by atoms with Gasteiger partial charge in [0.15, 0.2) is 0 Å². The Balaban J connectivity index is 2.03. The molecule has 1 N–H and O–H groups in total. The summed E-state index contributed by atoms with van der Waals surface area (Å²) in [7, 11) is 0. The Kier molecular flexibility index (Phi) is 7.29. The van der Waals surface area contributed by atoms with Crippen LogP contribution in [0.5, 0.6) is 0 Å². The van der Waals surface area contributed by atoms with Crippen LogP contribution in [-0.2, 0) is 9.59 Å². The maximum absolute atomic E-state index is 12.8. The van der Waals surface area contributed by atoms with Crippen LogP contribution in [0.1, 0.15) is 40.5 Å². The van der Waals surface area contributed by atoms with E-state index in [1.54, 1.807) is 29.2 Å². The normalized spacial score (nSPS) is 14.4. The molecule has 0 radical (unpaired) electrons. The first-order valence-electron chi connectivity index (χ1n) is 9.51. The van der Waals surface area contributed by atoms with Crippen LogP contribution in [0.2, 0.25) is 5.02 Å². The quantitative estimate of drug-likeness (QED) is 0.786. The predicted molar refractivity (Wildman–Crippen MR) is 110 cm³/mol. The van der Waals surface area contributed by atoms with Crippen LogP contribution < -0.4 is 10.2 Å². The number of unbranched alkanes of at least 4 members (excludes halogenated alkanes) is 1. The first-order valence-corrected chi connectivity index (χ1v) is 9.89. The molecule has 0 saturated carbocycles. The molecule has 1 aliphatic rings. The number of hydrogen-bond donors (Lipinski definition) is 1. The van der Waals surface area contributed by atoms with Gasteiger partial charge in [-0.2, -0.15) is 0 Å². The number of halogens is 1. The minimum absolute atomic E-state index is 0.00394. The van der Waals surface area contributed by atoms with E-state index in [2.05, 4.69) is 5.32 Å². The Morgan fingerprint density at radius 1 is 1.21 bits per heavy atom. The molecule has 0 aliphatic carbocycles. The summed E-state index contributed by atoms with van der Waals surface area (Å²) >= 11 is 5.90. The van der Waals surface area contributed by atoms with Crippen molar-refractivity contribution in [2.45, 2.75) is 46.1 Å². The summed E-state index contributed by atoms with van der Waals surface area (Å²) in [6, 6.07) is 6.64. The number of benzene rings is 1. The maximum atomic E-state index is 12.8. The maximum Gasteiger partial charge on any atom is 0.318 e. The minimum Gasteiger partial charge on any atom is -0.333 e. The Morgan fingerprint density at radius 3 is 2.43 bits per heavy atom. The molecule has 8 heteroatoms. The lowest BCUT2D eigenvalue weighted by Gasteiger charge is -2.29. The number of nitrogens with zero attached hydrogens (tertiary/aromatic N) is 3. The van der Waals surface area contributed by atoms with Gasteiger partial charge in [0.2, 0.25) is 11.8 Å². The molecule has 1 heterocycles. The molecule has 7 nitrogen and oxygen atoms in total. The zero-order valence-electron chi connectivity index (χ0n) is 17.0. The highest BCUT2D eigenvalue weighted by Crippen LogP contribution is 2.22. The van der Waals surface area contributed by atoms with Gasteiger partial charge >= 0.3 is 6.03 Å². The van der Waals surface area contributed by atoms with E-state index in [1.165, 1.54) is 9.80 Å². The van der Waals surface area contributed by atoms with Crippen LogP contribution in [0.15, 0.2) is 24.3 Å². The van der Waals surface area contributed by atoms with Crippen molar-refractivity contribution in [2.75, 3.05) is 31.2 Å². The Labute approximate surface area is 171 Å². The third-order valence-corrected chi connectivity index (χ3v) is 4.56. The largest absolute Gasteiger partial charge is 0.333 e. The van der Waals surface area contributed by atoms with Gasteiger partial charge in [-0.25, -0.2) is 4.79 Å². The van der Waals surface area contributed by atoms with E-state index in [-0.39, 0.29) is 43.1 Å². The number of anilines is 1. The van der Waals surface area contributed by atoms with Crippen LogP contribution in [-0.4, -0.2) is 59.5 Å². The zero-order chi connectivity index (χ0) is 20.9. The van der Waals surface area contributed by atoms with Gasteiger partial charge in [-0.15, -0.1) is 0 Å². The number of carbonyl (C=O) groups excluding carboxylic acids is 3. The molecule has 1 aromatic rings. The Hall–Kier alpha value is -2.28. The van der Waals surface area contributed by atoms with Crippen molar-refractivity contribution in [3.8, 4) is 0 Å². The monoisotopic (exact) mass is 408 g/mol. The third-order valence-electron chi connectivity index (χ3n) is 4.31. The number of hydrogen-bond acceptors (Lipinski definition) is 3. The van der Waals surface area contributed by atoms with E-state index >= 15 is 0 Å². The van der Waals surface area contributed by atoms with Crippen LogP contribution in [0.25, 0.3) is 0 Å². The summed E-state index contributed by atoms with van der Waals surface area (Å²) in [4.78, 5) is 42.2. The second-order valence-corrected chi connectivity index (χ2v) is 8.42. The second-order valence-electron chi connectivity index (χ2n) is 7.99. The third kappa shape index (κ3) is 6.12. The van der Waals surface area contributed by atoms with Gasteiger partial charge in [0.25, 0.3) is 0 Å². The number of rotatable bonds is 6. The summed E-state index contributed by atoms with van der Waals surface area (Å²) in [6.45, 7) is 8.34. The number of amides is 4. The fraction of sp³-hybridized carbons (Fsp3) is 0.550. The van der Waals surface area contributed by atoms with Crippen molar-refractivity contribution in [1.29, 1.82) is 0 Å². The molecular weight excluding hydrogens is 380 g/mol. The number of carbonyl (C=O) groups is 3. The lowest BCUT2D eigenvalue weighted by Crippen LogP contribution is -2.51. The van der Waals surface area contributed by atoms with Crippen molar-refractivity contribution in [3.05, 3.63) is 29.3 Å². The molecule has 0 bridgehead atoms. The molecule has 1 aliphatic heterocycles. The molecular formula is C20H29ClN4O3. The van der Waals surface area contributed by atoms with Crippen LogP contribution in [0, 0.1) is 0 Å². The van der Waals surface area contributed by atoms with E-state index < -0.39 is 0 Å².